The van der Waals surface area contributed by atoms with Crippen molar-refractivity contribution in [1.29, 1.82) is 0 Å². The summed E-state index contributed by atoms with van der Waals surface area (Å²) in [5, 5.41) is 4.60. The van der Waals surface area contributed by atoms with Gasteiger partial charge >= 0.3 is 0 Å². The molecule has 0 aromatic heterocycles. The molecule has 1 aliphatic rings. The summed E-state index contributed by atoms with van der Waals surface area (Å²) in [6.45, 7) is 7.69. The zero-order chi connectivity index (χ0) is 14.4. The molecule has 0 bridgehead atoms. The Hall–Kier alpha value is -0.470. The van der Waals surface area contributed by atoms with Crippen LogP contribution in [0.2, 0.25) is 0 Å². The summed E-state index contributed by atoms with van der Waals surface area (Å²) in [5.41, 5.74) is 4.26. The van der Waals surface area contributed by atoms with E-state index in [1.54, 1.807) is 0 Å². The number of benzene rings is 1. The van der Waals surface area contributed by atoms with Gasteiger partial charge in [0.1, 0.15) is 0 Å². The lowest BCUT2D eigenvalue weighted by Gasteiger charge is -2.20. The van der Waals surface area contributed by atoms with Crippen molar-refractivity contribution >= 4 is 11.8 Å². The molecule has 1 aromatic rings. The molecule has 0 saturated heterocycles. The number of aryl methyl sites for hydroxylation is 2. The van der Waals surface area contributed by atoms with E-state index in [1.165, 1.54) is 48.1 Å². The van der Waals surface area contributed by atoms with Crippen LogP contribution in [0.1, 0.15) is 49.3 Å². The van der Waals surface area contributed by atoms with Gasteiger partial charge in [0.2, 0.25) is 0 Å². The molecule has 0 spiro atoms. The first kappa shape index (κ1) is 15.9. The van der Waals surface area contributed by atoms with Crippen LogP contribution in [-0.4, -0.2) is 23.6 Å². The Morgan fingerprint density at radius 1 is 1.15 bits per heavy atom. The Morgan fingerprint density at radius 2 is 1.80 bits per heavy atom. The number of hydrogen-bond donors (Lipinski definition) is 1. The quantitative estimate of drug-likeness (QED) is 0.794. The number of rotatable bonds is 7. The summed E-state index contributed by atoms with van der Waals surface area (Å²) < 4.78 is 0. The molecule has 1 saturated carbocycles. The summed E-state index contributed by atoms with van der Waals surface area (Å²) >= 11 is 2.20. The fraction of sp³-hybridized carbons (Fsp3) is 0.667. The van der Waals surface area contributed by atoms with Gasteiger partial charge in [-0.3, -0.25) is 0 Å². The first-order valence-electron chi connectivity index (χ1n) is 8.09. The molecule has 112 valence electrons. The molecule has 2 rings (SSSR count). The molecule has 1 nitrogen and oxygen atoms in total. The highest BCUT2D eigenvalue weighted by Crippen LogP contribution is 2.30. The molecule has 2 heteroatoms. The molecular formula is C18H29NS. The highest BCUT2D eigenvalue weighted by molar-refractivity contribution is 7.99. The van der Waals surface area contributed by atoms with Crippen molar-refractivity contribution in [2.45, 2.75) is 64.2 Å². The first-order chi connectivity index (χ1) is 9.67. The maximum atomic E-state index is 3.67. The van der Waals surface area contributed by atoms with Gasteiger partial charge < -0.3 is 5.32 Å². The second-order valence-corrected chi connectivity index (χ2v) is 7.53. The Bertz CT molecular complexity index is 390. The minimum absolute atomic E-state index is 0.617. The van der Waals surface area contributed by atoms with E-state index in [1.807, 2.05) is 0 Å². The predicted molar refractivity (Wildman–Crippen MR) is 91.8 cm³/mol. The average molecular weight is 292 g/mol. The average Bonchev–Trinajstić information content (AvgIpc) is 2.88. The van der Waals surface area contributed by atoms with Crippen LogP contribution >= 0.6 is 11.8 Å². The van der Waals surface area contributed by atoms with E-state index >= 15 is 0 Å². The van der Waals surface area contributed by atoms with Crippen molar-refractivity contribution in [2.24, 2.45) is 0 Å². The zero-order valence-electron chi connectivity index (χ0n) is 13.2. The Labute approximate surface area is 128 Å². The van der Waals surface area contributed by atoms with Gasteiger partial charge in [0.15, 0.2) is 0 Å². The van der Waals surface area contributed by atoms with Crippen molar-refractivity contribution in [3.8, 4) is 0 Å². The highest BCUT2D eigenvalue weighted by Gasteiger charge is 2.17. The third kappa shape index (κ3) is 5.14. The maximum Gasteiger partial charge on any atom is 0.0198 e. The SMILES string of the molecule is CCNC(CSC1CCCC1)Cc1cc(C)cc(C)c1. The topological polar surface area (TPSA) is 12.0 Å². The molecule has 0 heterocycles. The smallest absolute Gasteiger partial charge is 0.0198 e. The largest absolute Gasteiger partial charge is 0.313 e. The lowest BCUT2D eigenvalue weighted by molar-refractivity contribution is 0.571. The number of thioether (sulfide) groups is 1. The Kier molecular flexibility index (Phi) is 6.44. The molecule has 1 unspecified atom stereocenters. The molecule has 0 aliphatic heterocycles. The van der Waals surface area contributed by atoms with Crippen molar-refractivity contribution in [3.05, 3.63) is 34.9 Å². The monoisotopic (exact) mass is 291 g/mol. The lowest BCUT2D eigenvalue weighted by atomic mass is 10.0. The van der Waals surface area contributed by atoms with E-state index < -0.39 is 0 Å². The third-order valence-corrected chi connectivity index (χ3v) is 5.63. The van der Waals surface area contributed by atoms with Gasteiger partial charge in [-0.2, -0.15) is 11.8 Å². The van der Waals surface area contributed by atoms with Crippen LogP contribution < -0.4 is 5.32 Å². The van der Waals surface area contributed by atoms with Gasteiger partial charge in [-0.05, 0) is 45.2 Å². The molecule has 0 radical (unpaired) electrons. The van der Waals surface area contributed by atoms with Crippen LogP contribution in [0.3, 0.4) is 0 Å². The third-order valence-electron chi connectivity index (χ3n) is 4.09. The standard InChI is InChI=1S/C18H29NS/c1-4-19-17(13-20-18-7-5-6-8-18)12-16-10-14(2)9-15(3)11-16/h9-11,17-19H,4-8,12-13H2,1-3H3. The van der Waals surface area contributed by atoms with Crippen LogP contribution in [0.5, 0.6) is 0 Å². The Morgan fingerprint density at radius 3 is 2.40 bits per heavy atom. The van der Waals surface area contributed by atoms with Crippen molar-refractivity contribution in [3.63, 3.8) is 0 Å². The summed E-state index contributed by atoms with van der Waals surface area (Å²) in [5.74, 6) is 1.26. The molecule has 20 heavy (non-hydrogen) atoms. The van der Waals surface area contributed by atoms with Crippen LogP contribution in [0.15, 0.2) is 18.2 Å². The molecule has 1 fully saturated rings. The fourth-order valence-electron chi connectivity index (χ4n) is 3.26. The summed E-state index contributed by atoms with van der Waals surface area (Å²) in [4.78, 5) is 0. The van der Waals surface area contributed by atoms with E-state index in [0.717, 1.165) is 18.2 Å². The normalized spacial score (nSPS) is 17.6. The first-order valence-corrected chi connectivity index (χ1v) is 9.14. The van der Waals surface area contributed by atoms with Crippen molar-refractivity contribution < 1.29 is 0 Å². The van der Waals surface area contributed by atoms with Crippen molar-refractivity contribution in [2.75, 3.05) is 12.3 Å². The van der Waals surface area contributed by atoms with Gasteiger partial charge in [0.25, 0.3) is 0 Å². The second kappa shape index (κ2) is 8.09. The fourth-order valence-corrected chi connectivity index (χ4v) is 4.66. The van der Waals surface area contributed by atoms with E-state index in [0.29, 0.717) is 6.04 Å². The van der Waals surface area contributed by atoms with Crippen LogP contribution in [0, 0.1) is 13.8 Å². The van der Waals surface area contributed by atoms with Crippen LogP contribution in [-0.2, 0) is 6.42 Å². The second-order valence-electron chi connectivity index (χ2n) is 6.19. The molecule has 1 atom stereocenters. The molecule has 1 aliphatic carbocycles. The number of nitrogens with one attached hydrogen (secondary N) is 1. The summed E-state index contributed by atoms with van der Waals surface area (Å²) in [6.07, 6.45) is 6.93. The zero-order valence-corrected chi connectivity index (χ0v) is 14.1. The maximum absolute atomic E-state index is 3.67. The summed E-state index contributed by atoms with van der Waals surface area (Å²) in [6, 6.07) is 7.57. The van der Waals surface area contributed by atoms with Gasteiger partial charge in [-0.15, -0.1) is 0 Å². The van der Waals surface area contributed by atoms with Gasteiger partial charge in [0, 0.05) is 17.0 Å². The van der Waals surface area contributed by atoms with Gasteiger partial charge in [0.05, 0.1) is 0 Å². The van der Waals surface area contributed by atoms with Crippen molar-refractivity contribution in [1.82, 2.24) is 5.32 Å². The number of likely N-dealkylation sites (N-methyl/N-ethyl adjacent to an activating group) is 1. The number of hydrogen-bond acceptors (Lipinski definition) is 2. The van der Waals surface area contributed by atoms with E-state index in [4.69, 9.17) is 0 Å². The molecular weight excluding hydrogens is 262 g/mol. The van der Waals surface area contributed by atoms with Crippen LogP contribution in [0.25, 0.3) is 0 Å². The minimum Gasteiger partial charge on any atom is -0.313 e. The minimum atomic E-state index is 0.617. The Balaban J connectivity index is 1.89. The lowest BCUT2D eigenvalue weighted by Crippen LogP contribution is -2.33. The molecule has 0 amide bonds. The molecule has 1 aromatic carbocycles. The molecule has 1 N–H and O–H groups in total. The van der Waals surface area contributed by atoms with Crippen LogP contribution in [0.4, 0.5) is 0 Å². The predicted octanol–water partition coefficient (Wildman–Crippen LogP) is 4.50. The van der Waals surface area contributed by atoms with E-state index in [2.05, 4.69) is 56.0 Å². The van der Waals surface area contributed by atoms with E-state index in [-0.39, 0.29) is 0 Å². The van der Waals surface area contributed by atoms with Gasteiger partial charge in [-0.25, -0.2) is 0 Å². The van der Waals surface area contributed by atoms with Gasteiger partial charge in [-0.1, -0.05) is 49.1 Å². The van der Waals surface area contributed by atoms with E-state index in [9.17, 15) is 0 Å². The highest BCUT2D eigenvalue weighted by atomic mass is 32.2. The summed E-state index contributed by atoms with van der Waals surface area (Å²) in [7, 11) is 0.